The van der Waals surface area contributed by atoms with Crippen LogP contribution in [0.15, 0.2) is 30.5 Å². The number of carbonyl (C=O) groups excluding carboxylic acids is 1. The number of ether oxygens (including phenoxy) is 1. The van der Waals surface area contributed by atoms with Crippen LogP contribution in [0.4, 0.5) is 21.0 Å². The first-order valence-electron chi connectivity index (χ1n) is 12.7. The monoisotopic (exact) mass is 494 g/mol. The van der Waals surface area contributed by atoms with Crippen LogP contribution in [-0.4, -0.2) is 34.2 Å². The molecule has 0 aliphatic heterocycles. The summed E-state index contributed by atoms with van der Waals surface area (Å²) in [5, 5.41) is 19.1. The predicted octanol–water partition coefficient (Wildman–Crippen LogP) is 5.23. The number of carbonyl (C=O) groups is 1. The molecule has 0 radical (unpaired) electrons. The van der Waals surface area contributed by atoms with E-state index in [1.54, 1.807) is 18.2 Å². The lowest BCUT2D eigenvalue weighted by atomic mass is 9.64. The normalized spacial score (nSPS) is 23.3. The fourth-order valence-corrected chi connectivity index (χ4v) is 5.45. The Hall–Kier alpha value is -3.41. The molecule has 192 valence electrons. The minimum absolute atomic E-state index is 0.146. The van der Waals surface area contributed by atoms with E-state index < -0.39 is 5.60 Å². The van der Waals surface area contributed by atoms with E-state index in [-0.39, 0.29) is 24.5 Å². The molecule has 1 aromatic carbocycles. The highest BCUT2D eigenvalue weighted by Gasteiger charge is 2.41. The topological polar surface area (TPSA) is 112 Å². The van der Waals surface area contributed by atoms with E-state index in [1.807, 2.05) is 20.8 Å². The number of anilines is 2. The second-order valence-electron chi connectivity index (χ2n) is 10.9. The highest BCUT2D eigenvalue weighted by molar-refractivity contribution is 5.68. The highest BCUT2D eigenvalue weighted by atomic mass is 19.1. The van der Waals surface area contributed by atoms with Crippen molar-refractivity contribution in [3.63, 3.8) is 0 Å². The Morgan fingerprint density at radius 1 is 1.19 bits per heavy atom. The van der Waals surface area contributed by atoms with Gasteiger partial charge in [0.25, 0.3) is 0 Å². The van der Waals surface area contributed by atoms with Crippen LogP contribution in [0.25, 0.3) is 0 Å². The maximum absolute atomic E-state index is 13.9. The Morgan fingerprint density at radius 3 is 2.58 bits per heavy atom. The number of halogens is 1. The Morgan fingerprint density at radius 2 is 1.92 bits per heavy atom. The lowest BCUT2D eigenvalue weighted by molar-refractivity contribution is 0.0324. The zero-order valence-electron chi connectivity index (χ0n) is 21.2. The molecule has 1 amide bonds. The van der Waals surface area contributed by atoms with E-state index in [0.29, 0.717) is 47.2 Å². The van der Waals surface area contributed by atoms with E-state index in [2.05, 4.69) is 32.0 Å². The average Bonchev–Trinajstić information content (AvgIpc) is 2.81. The second kappa shape index (κ2) is 11.1. The SMILES string of the molecule is CC(C)(C)OC(=O)NC1[C@@H]2CCC[C@H]1CC(CNc1nc(NCc3ccccc3F)ncc1C#N)C2. The summed E-state index contributed by atoms with van der Waals surface area (Å²) < 4.78 is 19.4. The van der Waals surface area contributed by atoms with E-state index >= 15 is 0 Å². The number of hydrogen-bond donors (Lipinski definition) is 3. The number of amides is 1. The summed E-state index contributed by atoms with van der Waals surface area (Å²) in [4.78, 5) is 21.1. The fourth-order valence-electron chi connectivity index (χ4n) is 5.45. The molecule has 1 aromatic heterocycles. The van der Waals surface area contributed by atoms with Crippen molar-refractivity contribution >= 4 is 17.9 Å². The third kappa shape index (κ3) is 6.62. The number of aromatic nitrogens is 2. The standard InChI is InChI=1S/C27H35FN6O2/c1-27(2,3)36-26(35)33-23-18-8-6-9-19(23)12-17(11-18)14-30-24-21(13-29)16-32-25(34-24)31-15-20-7-4-5-10-22(20)28/h4-5,7,10,16-19,23H,6,8-9,11-12,14-15H2,1-3H3,(H,33,35)(H2,30,31,32,34)/t17?,18-,19+,23?. The molecule has 1 heterocycles. The zero-order valence-corrected chi connectivity index (χ0v) is 21.2. The van der Waals surface area contributed by atoms with Gasteiger partial charge in [-0.3, -0.25) is 0 Å². The van der Waals surface area contributed by atoms with E-state index in [1.165, 1.54) is 18.7 Å². The maximum atomic E-state index is 13.9. The van der Waals surface area contributed by atoms with Crippen molar-refractivity contribution in [1.82, 2.24) is 15.3 Å². The molecule has 0 saturated heterocycles. The summed E-state index contributed by atoms with van der Waals surface area (Å²) in [5.41, 5.74) is 0.370. The lowest BCUT2D eigenvalue weighted by Gasteiger charge is -2.46. The summed E-state index contributed by atoms with van der Waals surface area (Å²) in [6.07, 6.45) is 6.50. The maximum Gasteiger partial charge on any atom is 0.407 e. The molecule has 9 heteroatoms. The van der Waals surface area contributed by atoms with Crippen LogP contribution in [0.1, 0.15) is 64.0 Å². The number of rotatable bonds is 7. The van der Waals surface area contributed by atoms with Gasteiger partial charge in [-0.25, -0.2) is 14.2 Å². The molecule has 36 heavy (non-hydrogen) atoms. The third-order valence-corrected chi connectivity index (χ3v) is 6.98. The van der Waals surface area contributed by atoms with Crippen molar-refractivity contribution in [2.45, 2.75) is 71.1 Å². The summed E-state index contributed by atoms with van der Waals surface area (Å²) in [7, 11) is 0. The molecule has 8 nitrogen and oxygen atoms in total. The van der Waals surface area contributed by atoms with Crippen molar-refractivity contribution in [1.29, 1.82) is 5.26 Å². The lowest BCUT2D eigenvalue weighted by Crippen LogP contribution is -2.52. The van der Waals surface area contributed by atoms with Crippen molar-refractivity contribution in [2.24, 2.45) is 17.8 Å². The van der Waals surface area contributed by atoms with E-state index in [0.717, 1.165) is 25.7 Å². The van der Waals surface area contributed by atoms with Crippen LogP contribution in [0.5, 0.6) is 0 Å². The van der Waals surface area contributed by atoms with Crippen LogP contribution in [-0.2, 0) is 11.3 Å². The second-order valence-corrected chi connectivity index (χ2v) is 10.9. The Bertz CT molecular complexity index is 1100. The molecular weight excluding hydrogens is 459 g/mol. The first-order chi connectivity index (χ1) is 17.2. The molecule has 2 aromatic rings. The first-order valence-corrected chi connectivity index (χ1v) is 12.7. The van der Waals surface area contributed by atoms with Crippen molar-refractivity contribution < 1.29 is 13.9 Å². The number of nitrogens with one attached hydrogen (secondary N) is 3. The van der Waals surface area contributed by atoms with Gasteiger partial charge in [-0.2, -0.15) is 10.2 Å². The number of hydrogen-bond acceptors (Lipinski definition) is 7. The number of benzene rings is 1. The molecule has 2 fully saturated rings. The molecule has 2 saturated carbocycles. The molecule has 4 atom stereocenters. The Balaban J connectivity index is 1.35. The van der Waals surface area contributed by atoms with E-state index in [9.17, 15) is 14.4 Å². The minimum atomic E-state index is -0.515. The summed E-state index contributed by atoms with van der Waals surface area (Å²) in [5.74, 6) is 1.75. The molecule has 3 N–H and O–H groups in total. The van der Waals surface area contributed by atoms with Crippen molar-refractivity contribution in [2.75, 3.05) is 17.2 Å². The fraction of sp³-hybridized carbons (Fsp3) is 0.556. The van der Waals surface area contributed by atoms with Gasteiger partial charge in [0, 0.05) is 24.7 Å². The number of nitriles is 1. The van der Waals surface area contributed by atoms with Gasteiger partial charge < -0.3 is 20.7 Å². The number of nitrogens with zero attached hydrogens (tertiary/aromatic N) is 3. The molecule has 2 bridgehead atoms. The average molecular weight is 495 g/mol. The summed E-state index contributed by atoms with van der Waals surface area (Å²) in [6, 6.07) is 8.83. The van der Waals surface area contributed by atoms with Gasteiger partial charge in [-0.05, 0) is 70.3 Å². The zero-order chi connectivity index (χ0) is 25.7. The Labute approximate surface area is 212 Å². The quantitative estimate of drug-likeness (QED) is 0.483. The molecule has 2 aliphatic rings. The number of alkyl carbamates (subject to hydrolysis) is 1. The largest absolute Gasteiger partial charge is 0.444 e. The van der Waals surface area contributed by atoms with Gasteiger partial charge in [-0.1, -0.05) is 24.6 Å². The van der Waals surface area contributed by atoms with Crippen molar-refractivity contribution in [3.8, 4) is 6.07 Å². The van der Waals surface area contributed by atoms with Crippen LogP contribution < -0.4 is 16.0 Å². The van der Waals surface area contributed by atoms with E-state index in [4.69, 9.17) is 4.74 Å². The van der Waals surface area contributed by atoms with Crippen LogP contribution in [0.3, 0.4) is 0 Å². The summed E-state index contributed by atoms with van der Waals surface area (Å²) in [6.45, 7) is 6.55. The highest BCUT2D eigenvalue weighted by Crippen LogP contribution is 2.43. The molecular formula is C27H35FN6O2. The van der Waals surface area contributed by atoms with Crippen molar-refractivity contribution in [3.05, 3.63) is 47.4 Å². The van der Waals surface area contributed by atoms with Gasteiger partial charge >= 0.3 is 6.09 Å². The van der Waals surface area contributed by atoms with Crippen LogP contribution >= 0.6 is 0 Å². The van der Waals surface area contributed by atoms with Crippen LogP contribution in [0, 0.1) is 34.9 Å². The molecule has 0 spiro atoms. The van der Waals surface area contributed by atoms with Gasteiger partial charge in [-0.15, -0.1) is 0 Å². The smallest absolute Gasteiger partial charge is 0.407 e. The van der Waals surface area contributed by atoms with Gasteiger partial charge in [0.2, 0.25) is 5.95 Å². The van der Waals surface area contributed by atoms with Gasteiger partial charge in [0.05, 0.1) is 6.20 Å². The van der Waals surface area contributed by atoms with Crippen LogP contribution in [0.2, 0.25) is 0 Å². The van der Waals surface area contributed by atoms with Gasteiger partial charge in [0.15, 0.2) is 0 Å². The Kier molecular flexibility index (Phi) is 7.92. The van der Waals surface area contributed by atoms with Gasteiger partial charge in [0.1, 0.15) is 28.9 Å². The third-order valence-electron chi connectivity index (χ3n) is 6.98. The predicted molar refractivity (Wildman–Crippen MR) is 136 cm³/mol. The summed E-state index contributed by atoms with van der Waals surface area (Å²) >= 11 is 0. The first kappa shape index (κ1) is 25.7. The molecule has 4 rings (SSSR count). The molecule has 2 unspecified atom stereocenters. The number of fused-ring (bicyclic) bond motifs is 2. The molecule has 2 aliphatic carbocycles. The minimum Gasteiger partial charge on any atom is -0.444 e.